The molecule has 1 heterocycles. The van der Waals surface area contributed by atoms with Gasteiger partial charge < -0.3 is 9.64 Å². The number of hydrogen-bond acceptors (Lipinski definition) is 3. The molecule has 0 aliphatic carbocycles. The van der Waals surface area contributed by atoms with Crippen molar-refractivity contribution < 1.29 is 4.74 Å². The Bertz CT molecular complexity index is 713. The van der Waals surface area contributed by atoms with E-state index in [2.05, 4.69) is 41.3 Å². The smallest absolute Gasteiger partial charge is 0.120 e. The Balaban J connectivity index is 1.49. The zero-order valence-corrected chi connectivity index (χ0v) is 14.9. The fourth-order valence-corrected chi connectivity index (χ4v) is 3.71. The molecule has 1 saturated heterocycles. The number of benzene rings is 2. The Kier molecular flexibility index (Phi) is 5.95. The minimum absolute atomic E-state index is 0.710. The topological polar surface area (TPSA) is 36.3 Å². The van der Waals surface area contributed by atoms with E-state index >= 15 is 0 Å². The first kappa shape index (κ1) is 17.4. The van der Waals surface area contributed by atoms with Crippen molar-refractivity contribution in [1.29, 1.82) is 5.26 Å². The van der Waals surface area contributed by atoms with Crippen LogP contribution in [0.3, 0.4) is 0 Å². The molecule has 2 aromatic carbocycles. The molecule has 0 amide bonds. The van der Waals surface area contributed by atoms with Gasteiger partial charge in [-0.05, 0) is 61.8 Å². The van der Waals surface area contributed by atoms with Crippen molar-refractivity contribution in [1.82, 2.24) is 0 Å². The van der Waals surface area contributed by atoms with E-state index in [1.54, 1.807) is 7.11 Å². The summed E-state index contributed by atoms with van der Waals surface area (Å²) in [5, 5.41) is 9.41. The molecule has 0 aromatic heterocycles. The van der Waals surface area contributed by atoms with Crippen LogP contribution < -0.4 is 9.64 Å². The van der Waals surface area contributed by atoms with Gasteiger partial charge in [0, 0.05) is 13.1 Å². The van der Waals surface area contributed by atoms with Crippen molar-refractivity contribution in [3.8, 4) is 11.8 Å². The fourth-order valence-electron chi connectivity index (χ4n) is 3.71. The fraction of sp³-hybridized carbons (Fsp3) is 0.409. The minimum Gasteiger partial charge on any atom is -0.497 e. The number of rotatable bonds is 6. The summed E-state index contributed by atoms with van der Waals surface area (Å²) in [6.07, 6.45) is 6.17. The molecule has 2 aromatic rings. The molecule has 0 unspecified atom stereocenters. The molecule has 3 nitrogen and oxygen atoms in total. The lowest BCUT2D eigenvalue weighted by Crippen LogP contribution is -2.34. The SMILES string of the molecule is COc1ccc(N2CCC(CCCc3ccccc3)CC2)c(C#N)c1. The van der Waals surface area contributed by atoms with Gasteiger partial charge in [-0.25, -0.2) is 0 Å². The third kappa shape index (κ3) is 4.54. The maximum atomic E-state index is 9.41. The second-order valence-corrected chi connectivity index (χ2v) is 6.80. The Morgan fingerprint density at radius 2 is 1.88 bits per heavy atom. The lowest BCUT2D eigenvalue weighted by Gasteiger charge is -2.34. The van der Waals surface area contributed by atoms with Crippen LogP contribution in [0, 0.1) is 17.2 Å². The van der Waals surface area contributed by atoms with Gasteiger partial charge in [0.2, 0.25) is 0 Å². The molecule has 0 spiro atoms. The van der Waals surface area contributed by atoms with Crippen molar-refractivity contribution in [3.63, 3.8) is 0 Å². The average molecular weight is 334 g/mol. The highest BCUT2D eigenvalue weighted by Gasteiger charge is 2.21. The molecule has 0 atom stereocenters. The van der Waals surface area contributed by atoms with Crippen LogP contribution >= 0.6 is 0 Å². The number of nitriles is 1. The second-order valence-electron chi connectivity index (χ2n) is 6.80. The van der Waals surface area contributed by atoms with E-state index in [1.165, 1.54) is 37.7 Å². The van der Waals surface area contributed by atoms with Gasteiger partial charge in [0.1, 0.15) is 11.8 Å². The molecule has 0 bridgehead atoms. The Labute approximate surface area is 150 Å². The van der Waals surface area contributed by atoms with Crippen molar-refractivity contribution in [3.05, 3.63) is 59.7 Å². The van der Waals surface area contributed by atoms with Crippen LogP contribution in [0.1, 0.15) is 36.8 Å². The second kappa shape index (κ2) is 8.58. The third-order valence-corrected chi connectivity index (χ3v) is 5.20. The van der Waals surface area contributed by atoms with Crippen molar-refractivity contribution in [2.75, 3.05) is 25.1 Å². The molecule has 3 heteroatoms. The first-order valence-electron chi connectivity index (χ1n) is 9.17. The molecule has 0 radical (unpaired) electrons. The normalized spacial score (nSPS) is 15.0. The molecule has 1 aliphatic heterocycles. The lowest BCUT2D eigenvalue weighted by molar-refractivity contribution is 0.373. The highest BCUT2D eigenvalue weighted by Crippen LogP contribution is 2.30. The van der Waals surface area contributed by atoms with Crippen LogP contribution in [0.2, 0.25) is 0 Å². The summed E-state index contributed by atoms with van der Waals surface area (Å²) >= 11 is 0. The van der Waals surface area contributed by atoms with Gasteiger partial charge in [0.15, 0.2) is 0 Å². The van der Waals surface area contributed by atoms with E-state index in [9.17, 15) is 5.26 Å². The van der Waals surface area contributed by atoms with Crippen LogP contribution in [0.15, 0.2) is 48.5 Å². The molecule has 3 rings (SSSR count). The summed E-state index contributed by atoms with van der Waals surface area (Å²) < 4.78 is 5.23. The minimum atomic E-state index is 0.710. The van der Waals surface area contributed by atoms with Gasteiger partial charge >= 0.3 is 0 Å². The number of aryl methyl sites for hydroxylation is 1. The zero-order chi connectivity index (χ0) is 17.5. The number of hydrogen-bond donors (Lipinski definition) is 0. The molecule has 130 valence electrons. The standard InChI is InChI=1S/C22H26N2O/c1-25-21-10-11-22(20(16-21)17-23)24-14-12-19(13-15-24)9-5-8-18-6-3-2-4-7-18/h2-4,6-7,10-11,16,19H,5,8-9,12-15H2,1H3. The van der Waals surface area contributed by atoms with Crippen LogP contribution in [-0.2, 0) is 6.42 Å². The van der Waals surface area contributed by atoms with Gasteiger partial charge in [-0.15, -0.1) is 0 Å². The predicted octanol–water partition coefficient (Wildman–Crippen LogP) is 4.81. The molecule has 1 aliphatic rings. The van der Waals surface area contributed by atoms with E-state index in [4.69, 9.17) is 4.74 Å². The lowest BCUT2D eigenvalue weighted by atomic mass is 9.90. The molecule has 25 heavy (non-hydrogen) atoms. The number of piperidine rings is 1. The largest absolute Gasteiger partial charge is 0.497 e. The third-order valence-electron chi connectivity index (χ3n) is 5.20. The molecular formula is C22H26N2O. The van der Waals surface area contributed by atoms with E-state index in [1.807, 2.05) is 18.2 Å². The van der Waals surface area contributed by atoms with E-state index in [0.717, 1.165) is 30.4 Å². The van der Waals surface area contributed by atoms with Gasteiger partial charge in [-0.1, -0.05) is 30.3 Å². The Hall–Kier alpha value is -2.47. The van der Waals surface area contributed by atoms with Crippen molar-refractivity contribution >= 4 is 5.69 Å². The predicted molar refractivity (Wildman–Crippen MR) is 102 cm³/mol. The van der Waals surface area contributed by atoms with Gasteiger partial charge in [-0.3, -0.25) is 0 Å². The highest BCUT2D eigenvalue weighted by atomic mass is 16.5. The zero-order valence-electron chi connectivity index (χ0n) is 14.9. The number of nitrogens with zero attached hydrogens (tertiary/aromatic N) is 2. The molecule has 0 saturated carbocycles. The van der Waals surface area contributed by atoms with Gasteiger partial charge in [0.05, 0.1) is 18.4 Å². The Morgan fingerprint density at radius 3 is 2.56 bits per heavy atom. The quantitative estimate of drug-likeness (QED) is 0.761. The average Bonchev–Trinajstić information content (AvgIpc) is 2.69. The van der Waals surface area contributed by atoms with Gasteiger partial charge in [0.25, 0.3) is 0 Å². The Morgan fingerprint density at radius 1 is 1.12 bits per heavy atom. The maximum absolute atomic E-state index is 9.41. The molecule has 0 N–H and O–H groups in total. The number of anilines is 1. The van der Waals surface area contributed by atoms with E-state index in [-0.39, 0.29) is 0 Å². The number of methoxy groups -OCH3 is 1. The van der Waals surface area contributed by atoms with E-state index in [0.29, 0.717) is 5.56 Å². The first-order chi connectivity index (χ1) is 12.3. The summed E-state index contributed by atoms with van der Waals surface area (Å²) in [6.45, 7) is 2.08. The van der Waals surface area contributed by atoms with Crippen LogP contribution in [-0.4, -0.2) is 20.2 Å². The summed E-state index contributed by atoms with van der Waals surface area (Å²) in [6, 6.07) is 18.9. The number of ether oxygens (including phenoxy) is 1. The first-order valence-corrected chi connectivity index (χ1v) is 9.17. The molecule has 1 fully saturated rings. The molecular weight excluding hydrogens is 308 g/mol. The van der Waals surface area contributed by atoms with Gasteiger partial charge in [-0.2, -0.15) is 5.26 Å². The van der Waals surface area contributed by atoms with Crippen LogP contribution in [0.5, 0.6) is 5.75 Å². The maximum Gasteiger partial charge on any atom is 0.120 e. The van der Waals surface area contributed by atoms with Crippen molar-refractivity contribution in [2.24, 2.45) is 5.92 Å². The summed E-state index contributed by atoms with van der Waals surface area (Å²) in [5.41, 5.74) is 3.20. The highest BCUT2D eigenvalue weighted by molar-refractivity contribution is 5.61. The van der Waals surface area contributed by atoms with Crippen LogP contribution in [0.25, 0.3) is 0 Å². The van der Waals surface area contributed by atoms with Crippen LogP contribution in [0.4, 0.5) is 5.69 Å². The van der Waals surface area contributed by atoms with Crippen molar-refractivity contribution in [2.45, 2.75) is 32.1 Å². The summed E-state index contributed by atoms with van der Waals surface area (Å²) in [5.74, 6) is 1.56. The summed E-state index contributed by atoms with van der Waals surface area (Å²) in [4.78, 5) is 2.35. The van der Waals surface area contributed by atoms with E-state index < -0.39 is 0 Å². The summed E-state index contributed by atoms with van der Waals surface area (Å²) in [7, 11) is 1.64. The monoisotopic (exact) mass is 334 g/mol.